The van der Waals surface area contributed by atoms with Crippen molar-refractivity contribution in [1.82, 2.24) is 9.55 Å². The minimum absolute atomic E-state index is 0.216. The molecule has 1 amide bonds. The highest BCUT2D eigenvalue weighted by molar-refractivity contribution is 7.17. The van der Waals surface area contributed by atoms with Gasteiger partial charge in [-0.1, -0.05) is 67.6 Å². The first kappa shape index (κ1) is 19.1. The summed E-state index contributed by atoms with van der Waals surface area (Å²) in [5, 5.41) is 2.49. The highest BCUT2D eigenvalue weighted by atomic mass is 32.1. The molecule has 2 aromatic carbocycles. The lowest BCUT2D eigenvalue weighted by atomic mass is 10.1. The minimum Gasteiger partial charge on any atom is -0.368 e. The molecule has 2 N–H and O–H groups in total. The van der Waals surface area contributed by atoms with Crippen LogP contribution in [0.4, 0.5) is 0 Å². The molecule has 1 atom stereocenters. The number of benzene rings is 2. The van der Waals surface area contributed by atoms with Gasteiger partial charge in [-0.3, -0.25) is 14.2 Å². The number of nitrogens with two attached hydrogens (primary N) is 1. The highest BCUT2D eigenvalue weighted by Gasteiger charge is 2.24. The van der Waals surface area contributed by atoms with Gasteiger partial charge in [0.25, 0.3) is 5.56 Å². The highest BCUT2D eigenvalue weighted by Crippen LogP contribution is 2.31. The van der Waals surface area contributed by atoms with Gasteiger partial charge in [-0.15, -0.1) is 11.3 Å². The van der Waals surface area contributed by atoms with Gasteiger partial charge in [0, 0.05) is 17.4 Å². The molecule has 0 spiro atoms. The van der Waals surface area contributed by atoms with Crippen LogP contribution in [0, 0.1) is 0 Å². The largest absolute Gasteiger partial charge is 0.368 e. The van der Waals surface area contributed by atoms with Crippen molar-refractivity contribution in [3.8, 4) is 11.1 Å². The number of fused-ring (bicyclic) bond motifs is 1. The SMILES string of the molecule is CCC(C(N)=O)n1c(Cc2ccccc2)nc2scc(-c3ccccc3)c2c1=O. The van der Waals surface area contributed by atoms with E-state index in [1.807, 2.05) is 73.0 Å². The molecule has 2 aromatic heterocycles. The average Bonchev–Trinajstić information content (AvgIpc) is 3.16. The van der Waals surface area contributed by atoms with Crippen LogP contribution in [0.5, 0.6) is 0 Å². The second-order valence-electron chi connectivity index (χ2n) is 6.89. The number of carbonyl (C=O) groups excluding carboxylic acids is 1. The van der Waals surface area contributed by atoms with Gasteiger partial charge in [0.2, 0.25) is 5.91 Å². The number of primary amides is 1. The lowest BCUT2D eigenvalue weighted by Crippen LogP contribution is -2.36. The molecule has 0 aliphatic rings. The Labute approximate surface area is 172 Å². The van der Waals surface area contributed by atoms with Gasteiger partial charge in [-0.2, -0.15) is 0 Å². The molecule has 0 saturated heterocycles. The van der Waals surface area contributed by atoms with Crippen LogP contribution in [0.2, 0.25) is 0 Å². The molecule has 5 nitrogen and oxygen atoms in total. The molecule has 4 rings (SSSR count). The molecule has 0 bridgehead atoms. The van der Waals surface area contributed by atoms with Crippen molar-refractivity contribution < 1.29 is 4.79 Å². The maximum Gasteiger partial charge on any atom is 0.263 e. The minimum atomic E-state index is -0.735. The van der Waals surface area contributed by atoms with Crippen LogP contribution in [0.3, 0.4) is 0 Å². The predicted molar refractivity (Wildman–Crippen MR) is 117 cm³/mol. The average molecular weight is 404 g/mol. The number of rotatable bonds is 6. The van der Waals surface area contributed by atoms with Crippen molar-refractivity contribution in [1.29, 1.82) is 0 Å². The summed E-state index contributed by atoms with van der Waals surface area (Å²) in [5.41, 5.74) is 8.25. The topological polar surface area (TPSA) is 78.0 Å². The van der Waals surface area contributed by atoms with Crippen molar-refractivity contribution in [3.05, 3.63) is 87.8 Å². The molecule has 1 unspecified atom stereocenters. The van der Waals surface area contributed by atoms with Gasteiger partial charge in [-0.05, 0) is 17.5 Å². The number of nitrogens with zero attached hydrogens (tertiary/aromatic N) is 2. The van der Waals surface area contributed by atoms with Crippen LogP contribution < -0.4 is 11.3 Å². The summed E-state index contributed by atoms with van der Waals surface area (Å²) in [7, 11) is 0. The van der Waals surface area contributed by atoms with Crippen LogP contribution >= 0.6 is 11.3 Å². The molecule has 0 aliphatic carbocycles. The Bertz CT molecular complexity index is 1210. The van der Waals surface area contributed by atoms with E-state index < -0.39 is 11.9 Å². The van der Waals surface area contributed by atoms with Crippen LogP contribution in [0.1, 0.15) is 30.8 Å². The zero-order valence-electron chi connectivity index (χ0n) is 16.0. The standard InChI is InChI=1S/C23H21N3O2S/c1-2-18(21(24)27)26-19(13-15-9-5-3-6-10-15)25-22-20(23(26)28)17(14-29-22)16-11-7-4-8-12-16/h3-12,14,18H,2,13H2,1H3,(H2,24,27). The van der Waals surface area contributed by atoms with Gasteiger partial charge in [0.1, 0.15) is 16.7 Å². The number of carbonyl (C=O) groups is 1. The van der Waals surface area contributed by atoms with E-state index in [2.05, 4.69) is 0 Å². The molecule has 2 heterocycles. The molecule has 29 heavy (non-hydrogen) atoms. The summed E-state index contributed by atoms with van der Waals surface area (Å²) in [4.78, 5) is 31.3. The quantitative estimate of drug-likeness (QED) is 0.525. The van der Waals surface area contributed by atoms with E-state index in [0.717, 1.165) is 16.7 Å². The molecule has 146 valence electrons. The summed E-state index contributed by atoms with van der Waals surface area (Å²) in [6.45, 7) is 1.85. The predicted octanol–water partition coefficient (Wildman–Crippen LogP) is 4.15. The molecule has 0 aliphatic heterocycles. The molecular weight excluding hydrogens is 382 g/mol. The van der Waals surface area contributed by atoms with Gasteiger partial charge in [0.05, 0.1) is 5.39 Å². The van der Waals surface area contributed by atoms with Crippen LogP contribution in [0.25, 0.3) is 21.3 Å². The number of aromatic nitrogens is 2. The molecule has 6 heteroatoms. The van der Waals surface area contributed by atoms with Crippen molar-refractivity contribution in [2.75, 3.05) is 0 Å². The van der Waals surface area contributed by atoms with E-state index in [9.17, 15) is 9.59 Å². The third-order valence-corrected chi connectivity index (χ3v) is 5.90. The first-order valence-electron chi connectivity index (χ1n) is 9.51. The van der Waals surface area contributed by atoms with E-state index in [4.69, 9.17) is 10.7 Å². The van der Waals surface area contributed by atoms with Crippen molar-refractivity contribution in [3.63, 3.8) is 0 Å². The Balaban J connectivity index is 1.98. The summed E-state index contributed by atoms with van der Waals surface area (Å²) in [5.74, 6) is 0.0300. The van der Waals surface area contributed by atoms with Crippen molar-refractivity contribution in [2.24, 2.45) is 5.73 Å². The molecule has 4 aromatic rings. The number of hydrogen-bond acceptors (Lipinski definition) is 4. The Morgan fingerprint density at radius 2 is 1.76 bits per heavy atom. The third kappa shape index (κ3) is 3.59. The molecule has 0 saturated carbocycles. The van der Waals surface area contributed by atoms with Gasteiger partial charge in [0.15, 0.2) is 0 Å². The van der Waals surface area contributed by atoms with Crippen LogP contribution in [-0.4, -0.2) is 15.5 Å². The fraction of sp³-hybridized carbons (Fsp3) is 0.174. The molecular formula is C23H21N3O2S. The first-order valence-corrected chi connectivity index (χ1v) is 10.4. The number of thiophene rings is 1. The molecule has 0 radical (unpaired) electrons. The summed E-state index contributed by atoms with van der Waals surface area (Å²) >= 11 is 1.44. The maximum absolute atomic E-state index is 13.6. The normalized spacial score (nSPS) is 12.2. The number of hydrogen-bond donors (Lipinski definition) is 1. The van der Waals surface area contributed by atoms with Crippen molar-refractivity contribution in [2.45, 2.75) is 25.8 Å². The third-order valence-electron chi connectivity index (χ3n) is 5.03. The van der Waals surface area contributed by atoms with E-state index >= 15 is 0 Å². The fourth-order valence-electron chi connectivity index (χ4n) is 3.61. The van der Waals surface area contributed by atoms with E-state index in [1.165, 1.54) is 15.9 Å². The Morgan fingerprint density at radius 1 is 1.10 bits per heavy atom. The maximum atomic E-state index is 13.6. The van der Waals surface area contributed by atoms with E-state index in [1.54, 1.807) is 0 Å². The lowest BCUT2D eigenvalue weighted by molar-refractivity contribution is -0.121. The first-order chi connectivity index (χ1) is 14.1. The Kier molecular flexibility index (Phi) is 5.27. The van der Waals surface area contributed by atoms with Gasteiger partial charge >= 0.3 is 0 Å². The van der Waals surface area contributed by atoms with Gasteiger partial charge in [-0.25, -0.2) is 4.98 Å². The number of amides is 1. The summed E-state index contributed by atoms with van der Waals surface area (Å²) in [6, 6.07) is 18.8. The van der Waals surface area contributed by atoms with Crippen molar-refractivity contribution >= 4 is 27.5 Å². The zero-order chi connectivity index (χ0) is 20.4. The van der Waals surface area contributed by atoms with Crippen LogP contribution in [0.15, 0.2) is 70.8 Å². The molecule has 0 fully saturated rings. The Morgan fingerprint density at radius 3 is 2.38 bits per heavy atom. The van der Waals surface area contributed by atoms with E-state index in [-0.39, 0.29) is 5.56 Å². The smallest absolute Gasteiger partial charge is 0.263 e. The van der Waals surface area contributed by atoms with E-state index in [0.29, 0.717) is 28.9 Å². The Hall–Kier alpha value is -3.25. The second-order valence-corrected chi connectivity index (χ2v) is 7.75. The lowest BCUT2D eigenvalue weighted by Gasteiger charge is -2.19. The zero-order valence-corrected chi connectivity index (χ0v) is 16.9. The van der Waals surface area contributed by atoms with Gasteiger partial charge < -0.3 is 5.73 Å². The summed E-state index contributed by atoms with van der Waals surface area (Å²) < 4.78 is 1.50. The monoisotopic (exact) mass is 403 g/mol. The van der Waals surface area contributed by atoms with Crippen LogP contribution in [-0.2, 0) is 11.2 Å². The summed E-state index contributed by atoms with van der Waals surface area (Å²) in [6.07, 6.45) is 0.878. The second kappa shape index (κ2) is 8.01. The fourth-order valence-corrected chi connectivity index (χ4v) is 4.57.